The van der Waals surface area contributed by atoms with Gasteiger partial charge in [0, 0.05) is 4.90 Å². The van der Waals surface area contributed by atoms with Crippen molar-refractivity contribution in [2.45, 2.75) is 4.90 Å². The van der Waals surface area contributed by atoms with Gasteiger partial charge < -0.3 is 10.1 Å². The number of anilines is 1. The van der Waals surface area contributed by atoms with E-state index in [0.29, 0.717) is 0 Å². The Bertz CT molecular complexity index is 739. The van der Waals surface area contributed by atoms with E-state index in [1.165, 1.54) is 30.0 Å². The van der Waals surface area contributed by atoms with E-state index in [1.54, 1.807) is 24.3 Å². The zero-order chi connectivity index (χ0) is 16.8. The SMILES string of the molecule is CSc1ccc(Cl)c(C(=O)OCC(=O)Nc2ccccc2F)c1. The van der Waals surface area contributed by atoms with Crippen molar-refractivity contribution in [3.8, 4) is 0 Å². The molecule has 0 spiro atoms. The molecule has 2 aromatic rings. The van der Waals surface area contributed by atoms with Crippen molar-refractivity contribution in [1.29, 1.82) is 0 Å². The van der Waals surface area contributed by atoms with Crippen LogP contribution in [0.2, 0.25) is 5.02 Å². The Hall–Kier alpha value is -2.05. The summed E-state index contributed by atoms with van der Waals surface area (Å²) in [6.45, 7) is -0.535. The quantitative estimate of drug-likeness (QED) is 0.652. The summed E-state index contributed by atoms with van der Waals surface area (Å²) in [5.74, 6) is -1.92. The minimum Gasteiger partial charge on any atom is -0.452 e. The van der Waals surface area contributed by atoms with E-state index in [2.05, 4.69) is 5.32 Å². The van der Waals surface area contributed by atoms with Crippen LogP contribution in [0.5, 0.6) is 0 Å². The number of nitrogens with one attached hydrogen (secondary N) is 1. The molecule has 0 aliphatic heterocycles. The number of hydrogen-bond acceptors (Lipinski definition) is 4. The second kappa shape index (κ2) is 7.99. The Morgan fingerprint density at radius 1 is 1.26 bits per heavy atom. The number of halogens is 2. The lowest BCUT2D eigenvalue weighted by molar-refractivity contribution is -0.119. The van der Waals surface area contributed by atoms with E-state index in [9.17, 15) is 14.0 Å². The van der Waals surface area contributed by atoms with Gasteiger partial charge in [-0.1, -0.05) is 23.7 Å². The third-order valence-electron chi connectivity index (χ3n) is 2.88. The summed E-state index contributed by atoms with van der Waals surface area (Å²) >= 11 is 7.40. The Balaban J connectivity index is 1.96. The van der Waals surface area contributed by atoms with Crippen molar-refractivity contribution in [3.05, 3.63) is 58.9 Å². The number of para-hydroxylation sites is 1. The topological polar surface area (TPSA) is 55.4 Å². The molecule has 0 fully saturated rings. The summed E-state index contributed by atoms with van der Waals surface area (Å²) in [6, 6.07) is 10.7. The highest BCUT2D eigenvalue weighted by molar-refractivity contribution is 7.98. The second-order valence-electron chi connectivity index (χ2n) is 4.45. The molecule has 1 amide bonds. The molecule has 2 aromatic carbocycles. The van der Waals surface area contributed by atoms with Crippen molar-refractivity contribution in [1.82, 2.24) is 0 Å². The van der Waals surface area contributed by atoms with Crippen LogP contribution < -0.4 is 5.32 Å². The smallest absolute Gasteiger partial charge is 0.340 e. The van der Waals surface area contributed by atoms with E-state index in [0.717, 1.165) is 4.90 Å². The van der Waals surface area contributed by atoms with Crippen LogP contribution in [0.4, 0.5) is 10.1 Å². The summed E-state index contributed by atoms with van der Waals surface area (Å²) in [4.78, 5) is 24.5. The molecule has 2 rings (SSSR count). The predicted octanol–water partition coefficient (Wildman–Crippen LogP) is 4.00. The van der Waals surface area contributed by atoms with Gasteiger partial charge in [-0.05, 0) is 36.6 Å². The average Bonchev–Trinajstić information content (AvgIpc) is 2.55. The van der Waals surface area contributed by atoms with Crippen molar-refractivity contribution in [3.63, 3.8) is 0 Å². The highest BCUT2D eigenvalue weighted by Crippen LogP contribution is 2.23. The lowest BCUT2D eigenvalue weighted by Crippen LogP contribution is -2.21. The van der Waals surface area contributed by atoms with Crippen molar-refractivity contribution in [2.24, 2.45) is 0 Å². The number of thioether (sulfide) groups is 1. The molecular formula is C16H13ClFNO3S. The molecule has 0 aliphatic carbocycles. The van der Waals surface area contributed by atoms with Crippen LogP contribution in [0.15, 0.2) is 47.4 Å². The number of rotatable bonds is 5. The summed E-state index contributed by atoms with van der Waals surface area (Å²) in [5, 5.41) is 2.56. The first-order valence-electron chi connectivity index (χ1n) is 6.56. The predicted molar refractivity (Wildman–Crippen MR) is 88.5 cm³/mol. The third-order valence-corrected chi connectivity index (χ3v) is 3.93. The highest BCUT2D eigenvalue weighted by atomic mass is 35.5. The fourth-order valence-electron chi connectivity index (χ4n) is 1.75. The fraction of sp³-hybridized carbons (Fsp3) is 0.125. The van der Waals surface area contributed by atoms with Crippen LogP contribution in [0, 0.1) is 5.82 Å². The maximum absolute atomic E-state index is 13.4. The molecule has 0 bridgehead atoms. The van der Waals surface area contributed by atoms with E-state index < -0.39 is 24.3 Å². The summed E-state index contributed by atoms with van der Waals surface area (Å²) in [7, 11) is 0. The molecule has 0 aliphatic rings. The zero-order valence-electron chi connectivity index (χ0n) is 12.1. The summed E-state index contributed by atoms with van der Waals surface area (Å²) < 4.78 is 18.3. The molecule has 7 heteroatoms. The normalized spacial score (nSPS) is 10.2. The molecule has 0 heterocycles. The Labute approximate surface area is 142 Å². The van der Waals surface area contributed by atoms with Gasteiger partial charge in [0.2, 0.25) is 0 Å². The van der Waals surface area contributed by atoms with Gasteiger partial charge in [0.05, 0.1) is 16.3 Å². The minimum atomic E-state index is -0.713. The first kappa shape index (κ1) is 17.3. The number of amides is 1. The van der Waals surface area contributed by atoms with Crippen LogP contribution in [0.3, 0.4) is 0 Å². The number of esters is 1. The van der Waals surface area contributed by atoms with Gasteiger partial charge >= 0.3 is 5.97 Å². The Morgan fingerprint density at radius 2 is 2.00 bits per heavy atom. The molecule has 4 nitrogen and oxygen atoms in total. The maximum Gasteiger partial charge on any atom is 0.340 e. The zero-order valence-corrected chi connectivity index (χ0v) is 13.7. The monoisotopic (exact) mass is 353 g/mol. The molecule has 1 N–H and O–H groups in total. The molecule has 0 radical (unpaired) electrons. The van der Waals surface area contributed by atoms with Gasteiger partial charge in [-0.2, -0.15) is 0 Å². The van der Waals surface area contributed by atoms with Crippen LogP contribution >= 0.6 is 23.4 Å². The molecule has 23 heavy (non-hydrogen) atoms. The van der Waals surface area contributed by atoms with E-state index in [1.807, 2.05) is 6.26 Å². The van der Waals surface area contributed by atoms with Gasteiger partial charge in [0.1, 0.15) is 5.82 Å². The Morgan fingerprint density at radius 3 is 2.70 bits per heavy atom. The molecule has 0 unspecified atom stereocenters. The number of hydrogen-bond donors (Lipinski definition) is 1. The summed E-state index contributed by atoms with van der Waals surface area (Å²) in [6.07, 6.45) is 1.86. The van der Waals surface area contributed by atoms with Crippen molar-refractivity contribution >= 4 is 40.9 Å². The molecular weight excluding hydrogens is 341 g/mol. The lowest BCUT2D eigenvalue weighted by atomic mass is 10.2. The van der Waals surface area contributed by atoms with Crippen LogP contribution in [-0.2, 0) is 9.53 Å². The minimum absolute atomic E-state index is 0.0240. The first-order chi connectivity index (χ1) is 11.0. The molecule has 0 atom stereocenters. The first-order valence-corrected chi connectivity index (χ1v) is 8.16. The van der Waals surface area contributed by atoms with E-state index in [4.69, 9.17) is 16.3 Å². The fourth-order valence-corrected chi connectivity index (χ4v) is 2.38. The van der Waals surface area contributed by atoms with Gasteiger partial charge in [0.25, 0.3) is 5.91 Å². The Kier molecular flexibility index (Phi) is 6.01. The van der Waals surface area contributed by atoms with E-state index in [-0.39, 0.29) is 16.3 Å². The van der Waals surface area contributed by atoms with Crippen molar-refractivity contribution in [2.75, 3.05) is 18.2 Å². The van der Waals surface area contributed by atoms with E-state index >= 15 is 0 Å². The van der Waals surface area contributed by atoms with Crippen molar-refractivity contribution < 1.29 is 18.7 Å². The lowest BCUT2D eigenvalue weighted by Gasteiger charge is -2.09. The highest BCUT2D eigenvalue weighted by Gasteiger charge is 2.15. The molecule has 0 saturated heterocycles. The molecule has 120 valence electrons. The van der Waals surface area contributed by atoms with Gasteiger partial charge in [-0.15, -0.1) is 11.8 Å². The number of benzene rings is 2. The van der Waals surface area contributed by atoms with Gasteiger partial charge in [0.15, 0.2) is 6.61 Å². The summed E-state index contributed by atoms with van der Waals surface area (Å²) in [5.41, 5.74) is 0.202. The van der Waals surface area contributed by atoms with Gasteiger partial charge in [-0.3, -0.25) is 4.79 Å². The largest absolute Gasteiger partial charge is 0.452 e. The molecule has 0 aromatic heterocycles. The number of carbonyl (C=O) groups is 2. The van der Waals surface area contributed by atoms with Crippen LogP contribution in [-0.4, -0.2) is 24.7 Å². The molecule has 0 saturated carbocycles. The van der Waals surface area contributed by atoms with Gasteiger partial charge in [-0.25, -0.2) is 9.18 Å². The standard InChI is InChI=1S/C16H13ClFNO3S/c1-23-10-6-7-12(17)11(8-10)16(21)22-9-15(20)19-14-5-3-2-4-13(14)18/h2-8H,9H2,1H3,(H,19,20). The third kappa shape index (κ3) is 4.71. The number of carbonyl (C=O) groups excluding carboxylic acids is 2. The maximum atomic E-state index is 13.4. The average molecular weight is 354 g/mol. The van der Waals surface area contributed by atoms with Crippen LogP contribution in [0.25, 0.3) is 0 Å². The van der Waals surface area contributed by atoms with Crippen LogP contribution in [0.1, 0.15) is 10.4 Å². The number of ether oxygens (including phenoxy) is 1. The second-order valence-corrected chi connectivity index (χ2v) is 5.74.